The van der Waals surface area contributed by atoms with Crippen molar-refractivity contribution in [3.8, 4) is 0 Å². The molecule has 0 aromatic carbocycles. The Hall–Kier alpha value is -4.33. The number of unbranched alkanes of at least 4 members (excludes halogenated alkanes) is 1. The number of likely N-dealkylation sites (N-methyl/N-ethyl adjacent to an activating group) is 1. The largest absolute Gasteiger partial charge is 0.462 e. The molecule has 4 amide bonds. The van der Waals surface area contributed by atoms with Crippen LogP contribution in [0.4, 0.5) is 4.79 Å². The van der Waals surface area contributed by atoms with Gasteiger partial charge in [0.2, 0.25) is 11.8 Å². The third kappa shape index (κ3) is 22.6. The molecule has 1 aromatic heterocycles. The quantitative estimate of drug-likeness (QED) is 0.0436. The first-order chi connectivity index (χ1) is 32.1. The SMILES string of the molecule is CC(/C=C/C(C)=C/C1Cc2nc(cs2)[C@@H](C)CC(NCC(=O)NCCOCCOCCNC(=O)CCCCC2SCC3NC(=O)NC32)CC(=O)O[C@@H](C)C/C(C)=C/C=C\C(=O)O1)=C\CN(C)C. The van der Waals surface area contributed by atoms with Crippen molar-refractivity contribution in [1.82, 2.24) is 36.5 Å². The van der Waals surface area contributed by atoms with Crippen LogP contribution >= 0.6 is 23.1 Å². The molecule has 18 heteroatoms. The smallest absolute Gasteiger partial charge is 0.331 e. The van der Waals surface area contributed by atoms with Crippen molar-refractivity contribution in [2.24, 2.45) is 0 Å². The Morgan fingerprint density at radius 3 is 2.42 bits per heavy atom. The van der Waals surface area contributed by atoms with Gasteiger partial charge in [0.05, 0.1) is 62.2 Å². The third-order valence-corrected chi connectivity index (χ3v) is 13.7. The van der Waals surface area contributed by atoms with Crippen LogP contribution in [0, 0.1) is 0 Å². The van der Waals surface area contributed by atoms with Crippen LogP contribution in [0.3, 0.4) is 0 Å². The van der Waals surface area contributed by atoms with Gasteiger partial charge in [-0.1, -0.05) is 60.4 Å². The molecule has 16 nitrogen and oxygen atoms in total. The van der Waals surface area contributed by atoms with E-state index < -0.39 is 18.2 Å². The molecular weight excluding hydrogens is 895 g/mol. The minimum Gasteiger partial charge on any atom is -0.462 e. The Balaban J connectivity index is 1.18. The number of thioether (sulfide) groups is 1. The Morgan fingerprint density at radius 2 is 1.67 bits per heavy atom. The van der Waals surface area contributed by atoms with Crippen molar-refractivity contribution in [2.45, 2.75) is 127 Å². The molecule has 0 radical (unpaired) electrons. The van der Waals surface area contributed by atoms with Gasteiger partial charge in [0, 0.05) is 73.3 Å². The van der Waals surface area contributed by atoms with Crippen LogP contribution in [0.15, 0.2) is 64.6 Å². The average molecular weight is 970 g/mol. The molecular formula is C49H75N7O9S2. The Kier molecular flexibility index (Phi) is 24.9. The molecule has 1 aromatic rings. The molecule has 3 aliphatic heterocycles. The minimum absolute atomic E-state index is 0.00152. The van der Waals surface area contributed by atoms with Crippen molar-refractivity contribution in [3.05, 3.63) is 75.3 Å². The monoisotopic (exact) mass is 970 g/mol. The number of hydrogen-bond acceptors (Lipinski definition) is 14. The van der Waals surface area contributed by atoms with Crippen molar-refractivity contribution in [1.29, 1.82) is 0 Å². The van der Waals surface area contributed by atoms with Crippen LogP contribution in [-0.4, -0.2) is 148 Å². The number of allylic oxidation sites excluding steroid dienone is 6. The number of hydrogen-bond donors (Lipinski definition) is 5. The van der Waals surface area contributed by atoms with E-state index in [1.807, 2.05) is 77.2 Å². The third-order valence-electron chi connectivity index (χ3n) is 11.3. The number of nitrogens with one attached hydrogen (secondary N) is 5. The predicted octanol–water partition coefficient (Wildman–Crippen LogP) is 5.28. The van der Waals surface area contributed by atoms with Crippen molar-refractivity contribution in [2.75, 3.05) is 72.5 Å². The number of nitrogens with zero attached hydrogens (tertiary/aromatic N) is 2. The van der Waals surface area contributed by atoms with E-state index >= 15 is 0 Å². The Morgan fingerprint density at radius 1 is 0.940 bits per heavy atom. The standard InChI is InChI=1S/C49H75N7O9S2/c1-33(17-20-56(6)7)15-16-35(3)26-39-29-45-53-40(31-67-45)36(4)27-38(28-47(60)64-37(5)25-34(2)11-10-14-46(59)65-39)52-30-44(58)51-19-22-63-24-23-62-21-18-50-43(57)13-9-8-12-42-48-41(32-66-42)54-49(61)55-48/h10-11,14-17,26,31,36-39,41-42,48,52H,8-9,12-13,18-25,27-30,32H2,1-7H3,(H,50,57)(H,51,58)(H2,54,55,61)/b14-10-,16-15+,33-17+,34-11+,35-26+/t36-,37-,38?,39?,41?,42?,48?/m0/s1. The zero-order valence-corrected chi connectivity index (χ0v) is 42.2. The van der Waals surface area contributed by atoms with E-state index in [1.165, 1.54) is 17.4 Å². The van der Waals surface area contributed by atoms with Gasteiger partial charge >= 0.3 is 18.0 Å². The maximum atomic E-state index is 13.2. The molecule has 67 heavy (non-hydrogen) atoms. The van der Waals surface area contributed by atoms with Gasteiger partial charge in [-0.25, -0.2) is 14.6 Å². The van der Waals surface area contributed by atoms with E-state index in [-0.39, 0.29) is 60.8 Å². The van der Waals surface area contributed by atoms with Crippen molar-refractivity contribution < 1.29 is 42.9 Å². The van der Waals surface area contributed by atoms with Gasteiger partial charge in [0.25, 0.3) is 0 Å². The number of rotatable bonds is 22. The molecule has 372 valence electrons. The van der Waals surface area contributed by atoms with E-state index in [9.17, 15) is 24.0 Å². The van der Waals surface area contributed by atoms with Gasteiger partial charge in [-0.2, -0.15) is 11.8 Å². The predicted molar refractivity (Wildman–Crippen MR) is 265 cm³/mol. The minimum atomic E-state index is -0.544. The lowest BCUT2D eigenvalue weighted by atomic mass is 9.97. The summed E-state index contributed by atoms with van der Waals surface area (Å²) in [6, 6.07) is -0.0349. The van der Waals surface area contributed by atoms with Gasteiger partial charge in [0.15, 0.2) is 0 Å². The van der Waals surface area contributed by atoms with Crippen LogP contribution < -0.4 is 26.6 Å². The zero-order valence-electron chi connectivity index (χ0n) is 40.6. The molecule has 2 saturated heterocycles. The summed E-state index contributed by atoms with van der Waals surface area (Å²) in [6.07, 6.45) is 16.8. The number of carbonyl (C=O) groups is 5. The Bertz CT molecular complexity index is 1910. The molecule has 5 unspecified atom stereocenters. The Labute approximate surface area is 406 Å². The summed E-state index contributed by atoms with van der Waals surface area (Å²) >= 11 is 3.38. The maximum Gasteiger partial charge on any atom is 0.331 e. The first-order valence-electron chi connectivity index (χ1n) is 23.6. The van der Waals surface area contributed by atoms with Crippen LogP contribution in [0.2, 0.25) is 0 Å². The lowest BCUT2D eigenvalue weighted by Gasteiger charge is -2.22. The summed E-state index contributed by atoms with van der Waals surface area (Å²) < 4.78 is 22.9. The van der Waals surface area contributed by atoms with Crippen LogP contribution in [-0.2, 0) is 44.5 Å². The fourth-order valence-corrected chi connectivity index (χ4v) is 10.3. The first kappa shape index (κ1) is 55.3. The summed E-state index contributed by atoms with van der Waals surface area (Å²) in [5, 5.41) is 18.2. The number of esters is 2. The number of thiazole rings is 1. The van der Waals surface area contributed by atoms with Crippen LogP contribution in [0.25, 0.3) is 0 Å². The zero-order chi connectivity index (χ0) is 48.6. The van der Waals surface area contributed by atoms with Gasteiger partial charge in [-0.05, 0) is 67.1 Å². The highest BCUT2D eigenvalue weighted by Crippen LogP contribution is 2.33. The van der Waals surface area contributed by atoms with Gasteiger partial charge < -0.3 is 50.4 Å². The molecule has 0 aliphatic carbocycles. The van der Waals surface area contributed by atoms with Crippen LogP contribution in [0.1, 0.15) is 96.2 Å². The van der Waals surface area contributed by atoms with E-state index in [0.717, 1.165) is 59.0 Å². The van der Waals surface area contributed by atoms with Gasteiger partial charge in [0.1, 0.15) is 12.2 Å². The highest BCUT2D eigenvalue weighted by molar-refractivity contribution is 8.00. The number of urea groups is 1. The summed E-state index contributed by atoms with van der Waals surface area (Å²) in [5.74, 6) is -0.182. The topological polar surface area (TPSA) is 199 Å². The maximum absolute atomic E-state index is 13.2. The molecule has 5 N–H and O–H groups in total. The lowest BCUT2D eigenvalue weighted by molar-refractivity contribution is -0.149. The van der Waals surface area contributed by atoms with Crippen molar-refractivity contribution >= 4 is 52.9 Å². The lowest BCUT2D eigenvalue weighted by Crippen LogP contribution is -2.42. The highest BCUT2D eigenvalue weighted by atomic mass is 32.2. The summed E-state index contributed by atoms with van der Waals surface area (Å²) in [4.78, 5) is 69.9. The summed E-state index contributed by atoms with van der Waals surface area (Å²) in [5.41, 5.74) is 3.88. The van der Waals surface area contributed by atoms with Gasteiger partial charge in [-0.3, -0.25) is 14.4 Å². The number of carbonyl (C=O) groups excluding carboxylic acids is 5. The van der Waals surface area contributed by atoms with E-state index in [4.69, 9.17) is 23.9 Å². The van der Waals surface area contributed by atoms with E-state index in [0.29, 0.717) is 70.5 Å². The molecule has 4 heterocycles. The summed E-state index contributed by atoms with van der Waals surface area (Å²) in [6.45, 7) is 12.8. The second-order valence-corrected chi connectivity index (χ2v) is 20.1. The number of aromatic nitrogens is 1. The van der Waals surface area contributed by atoms with Gasteiger partial charge in [-0.15, -0.1) is 11.3 Å². The molecule has 0 saturated carbocycles. The molecule has 4 rings (SSSR count). The molecule has 7 atom stereocenters. The van der Waals surface area contributed by atoms with E-state index in [2.05, 4.69) is 50.6 Å². The van der Waals surface area contributed by atoms with Crippen LogP contribution in [0.5, 0.6) is 0 Å². The van der Waals surface area contributed by atoms with E-state index in [1.54, 1.807) is 6.08 Å². The fourth-order valence-electron chi connectivity index (χ4n) is 7.77. The first-order valence-corrected chi connectivity index (χ1v) is 25.5. The molecule has 3 aliphatic rings. The normalized spacial score (nSPS) is 25.8. The average Bonchev–Trinajstić information content (AvgIpc) is 3.99. The summed E-state index contributed by atoms with van der Waals surface area (Å²) in [7, 11) is 4.05. The number of cyclic esters (lactones) is 2. The second kappa shape index (κ2) is 30.2. The van der Waals surface area contributed by atoms with Crippen molar-refractivity contribution in [3.63, 3.8) is 0 Å². The number of amides is 4. The second-order valence-electron chi connectivity index (χ2n) is 17.9. The molecule has 2 bridgehead atoms. The molecule has 0 spiro atoms. The fraction of sp³-hybridized carbons (Fsp3) is 0.633. The highest BCUT2D eigenvalue weighted by Gasteiger charge is 2.42. The number of fused-ring (bicyclic) bond motifs is 3. The molecule has 2 fully saturated rings. The number of ether oxygens (including phenoxy) is 4.